The average molecular weight is 447 g/mol. The number of hydrogen-bond acceptors (Lipinski definition) is 6. The van der Waals surface area contributed by atoms with Crippen LogP contribution in [0.3, 0.4) is 0 Å². The summed E-state index contributed by atoms with van der Waals surface area (Å²) in [5.41, 5.74) is 2.37. The van der Waals surface area contributed by atoms with Crippen LogP contribution in [0, 0.1) is 0 Å². The monoisotopic (exact) mass is 447 g/mol. The minimum absolute atomic E-state index is 0.114. The van der Waals surface area contributed by atoms with E-state index >= 15 is 0 Å². The van der Waals surface area contributed by atoms with E-state index in [0.29, 0.717) is 35.6 Å². The standard InChI is InChI=1S/C21H20F3N5O3/c1-2-18(30)27-11-16-19-15(17-12-25-9-10-31-17)7-8-26-20(19)29(28-16)13-3-5-14(6-4-13)32-21(22,23)24/h2-8,17,25H,1,9-12H2,(H,27,30). The highest BCUT2D eigenvalue weighted by Crippen LogP contribution is 2.31. The van der Waals surface area contributed by atoms with E-state index in [4.69, 9.17) is 4.74 Å². The zero-order valence-electron chi connectivity index (χ0n) is 16.9. The lowest BCUT2D eigenvalue weighted by molar-refractivity contribution is -0.274. The first-order chi connectivity index (χ1) is 15.4. The molecule has 0 bridgehead atoms. The second-order valence-corrected chi connectivity index (χ2v) is 6.98. The van der Waals surface area contributed by atoms with Crippen molar-refractivity contribution in [2.45, 2.75) is 19.0 Å². The van der Waals surface area contributed by atoms with Crippen molar-refractivity contribution in [3.63, 3.8) is 0 Å². The summed E-state index contributed by atoms with van der Waals surface area (Å²) in [6, 6.07) is 7.14. The molecule has 3 aromatic rings. The lowest BCUT2D eigenvalue weighted by Gasteiger charge is -2.24. The summed E-state index contributed by atoms with van der Waals surface area (Å²) in [6.07, 6.45) is -2.23. The van der Waals surface area contributed by atoms with E-state index in [1.165, 1.54) is 28.9 Å². The number of ether oxygens (including phenoxy) is 2. The first-order valence-corrected chi connectivity index (χ1v) is 9.81. The molecule has 32 heavy (non-hydrogen) atoms. The molecule has 0 saturated carbocycles. The molecule has 168 valence electrons. The molecule has 1 aromatic carbocycles. The second-order valence-electron chi connectivity index (χ2n) is 6.98. The van der Waals surface area contributed by atoms with Gasteiger partial charge in [-0.2, -0.15) is 5.10 Å². The number of benzene rings is 1. The molecule has 1 unspecified atom stereocenters. The number of nitrogens with one attached hydrogen (secondary N) is 2. The molecule has 1 amide bonds. The molecule has 3 heterocycles. The van der Waals surface area contributed by atoms with Gasteiger partial charge in [-0.05, 0) is 42.0 Å². The van der Waals surface area contributed by atoms with Crippen LogP contribution < -0.4 is 15.4 Å². The molecule has 2 N–H and O–H groups in total. The maximum absolute atomic E-state index is 12.5. The maximum Gasteiger partial charge on any atom is 0.573 e. The Labute approximate surface area is 181 Å². The van der Waals surface area contributed by atoms with E-state index in [2.05, 4.69) is 32.0 Å². The number of aromatic nitrogens is 3. The molecular weight excluding hydrogens is 427 g/mol. The van der Waals surface area contributed by atoms with Gasteiger partial charge in [0.05, 0.1) is 36.0 Å². The predicted molar refractivity (Wildman–Crippen MR) is 109 cm³/mol. The number of pyridine rings is 1. The fraction of sp³-hybridized carbons (Fsp3) is 0.286. The summed E-state index contributed by atoms with van der Waals surface area (Å²) in [7, 11) is 0. The van der Waals surface area contributed by atoms with Crippen LogP contribution in [0.5, 0.6) is 5.75 Å². The van der Waals surface area contributed by atoms with E-state index in [1.54, 1.807) is 6.20 Å². The van der Waals surface area contributed by atoms with Crippen LogP contribution in [0.4, 0.5) is 13.2 Å². The Bertz CT molecular complexity index is 1120. The van der Waals surface area contributed by atoms with E-state index in [0.717, 1.165) is 18.2 Å². The molecule has 0 radical (unpaired) electrons. The fourth-order valence-corrected chi connectivity index (χ4v) is 3.51. The maximum atomic E-state index is 12.5. The normalized spacial score (nSPS) is 16.7. The summed E-state index contributed by atoms with van der Waals surface area (Å²) in [5.74, 6) is -0.700. The molecular formula is C21H20F3N5O3. The Morgan fingerprint density at radius 2 is 2.12 bits per heavy atom. The number of rotatable bonds is 6. The van der Waals surface area contributed by atoms with Crippen LogP contribution in [-0.2, 0) is 16.1 Å². The number of amides is 1. The largest absolute Gasteiger partial charge is 0.573 e. The number of carbonyl (C=O) groups excluding carboxylic acids is 1. The summed E-state index contributed by atoms with van der Waals surface area (Å²) in [4.78, 5) is 16.2. The van der Waals surface area contributed by atoms with E-state index in [-0.39, 0.29) is 24.3 Å². The Morgan fingerprint density at radius 1 is 1.34 bits per heavy atom. The second kappa shape index (κ2) is 8.97. The Hall–Kier alpha value is -3.44. The highest BCUT2D eigenvalue weighted by Gasteiger charge is 2.31. The van der Waals surface area contributed by atoms with Gasteiger partial charge in [0.2, 0.25) is 5.91 Å². The van der Waals surface area contributed by atoms with Crippen molar-refractivity contribution in [3.8, 4) is 11.4 Å². The molecule has 2 aromatic heterocycles. The van der Waals surface area contributed by atoms with Crippen LogP contribution in [0.15, 0.2) is 49.2 Å². The Kier molecular flexibility index (Phi) is 6.10. The number of halogens is 3. The number of alkyl halides is 3. The van der Waals surface area contributed by atoms with Gasteiger partial charge in [0, 0.05) is 19.3 Å². The van der Waals surface area contributed by atoms with Crippen molar-refractivity contribution in [3.05, 3.63) is 60.4 Å². The Morgan fingerprint density at radius 3 is 2.78 bits per heavy atom. The number of fused-ring (bicyclic) bond motifs is 1. The summed E-state index contributed by atoms with van der Waals surface area (Å²) < 4.78 is 48.8. The molecule has 4 rings (SSSR count). The average Bonchev–Trinajstić information content (AvgIpc) is 3.16. The van der Waals surface area contributed by atoms with Crippen LogP contribution in [0.1, 0.15) is 17.4 Å². The minimum Gasteiger partial charge on any atom is -0.406 e. The number of carbonyl (C=O) groups is 1. The SMILES string of the molecule is C=CC(=O)NCc1nn(-c2ccc(OC(F)(F)F)cc2)c2nccc(C3CNCCO3)c12. The van der Waals surface area contributed by atoms with Crippen molar-refractivity contribution in [2.75, 3.05) is 19.7 Å². The van der Waals surface area contributed by atoms with Crippen LogP contribution in [0.25, 0.3) is 16.7 Å². The van der Waals surface area contributed by atoms with Gasteiger partial charge in [-0.25, -0.2) is 9.67 Å². The number of nitrogens with zero attached hydrogens (tertiary/aromatic N) is 3. The molecule has 1 fully saturated rings. The molecule has 1 saturated heterocycles. The summed E-state index contributed by atoms with van der Waals surface area (Å²) in [5, 5.41) is 11.3. The van der Waals surface area contributed by atoms with E-state index in [9.17, 15) is 18.0 Å². The molecule has 0 aliphatic carbocycles. The highest BCUT2D eigenvalue weighted by molar-refractivity contribution is 5.88. The first kappa shape index (κ1) is 21.8. The lowest BCUT2D eigenvalue weighted by atomic mass is 10.0. The van der Waals surface area contributed by atoms with Crippen molar-refractivity contribution in [1.82, 2.24) is 25.4 Å². The van der Waals surface area contributed by atoms with Gasteiger partial charge in [0.1, 0.15) is 5.75 Å². The molecule has 1 aliphatic rings. The zero-order valence-corrected chi connectivity index (χ0v) is 16.9. The van der Waals surface area contributed by atoms with Gasteiger partial charge in [0.15, 0.2) is 5.65 Å². The number of hydrogen-bond donors (Lipinski definition) is 2. The third-order valence-corrected chi connectivity index (χ3v) is 4.88. The highest BCUT2D eigenvalue weighted by atomic mass is 19.4. The Balaban J connectivity index is 1.77. The van der Waals surface area contributed by atoms with Gasteiger partial charge < -0.3 is 20.1 Å². The lowest BCUT2D eigenvalue weighted by Crippen LogP contribution is -2.33. The molecule has 0 spiro atoms. The van der Waals surface area contributed by atoms with Crippen LogP contribution in [-0.4, -0.2) is 46.7 Å². The van der Waals surface area contributed by atoms with Gasteiger partial charge in [-0.1, -0.05) is 6.58 Å². The molecule has 1 atom stereocenters. The van der Waals surface area contributed by atoms with Gasteiger partial charge >= 0.3 is 6.36 Å². The third kappa shape index (κ3) is 4.73. The van der Waals surface area contributed by atoms with Gasteiger partial charge in [-0.15, -0.1) is 13.2 Å². The minimum atomic E-state index is -4.78. The van der Waals surface area contributed by atoms with Crippen molar-refractivity contribution < 1.29 is 27.4 Å². The third-order valence-electron chi connectivity index (χ3n) is 4.88. The summed E-state index contributed by atoms with van der Waals surface area (Å²) in [6.45, 7) is 5.46. The van der Waals surface area contributed by atoms with Crippen LogP contribution in [0.2, 0.25) is 0 Å². The number of morpholine rings is 1. The predicted octanol–water partition coefficient (Wildman–Crippen LogP) is 2.78. The quantitative estimate of drug-likeness (QED) is 0.565. The van der Waals surface area contributed by atoms with E-state index in [1.807, 2.05) is 6.07 Å². The van der Waals surface area contributed by atoms with Crippen molar-refractivity contribution >= 4 is 16.9 Å². The van der Waals surface area contributed by atoms with Crippen LogP contribution >= 0.6 is 0 Å². The fourth-order valence-electron chi connectivity index (χ4n) is 3.51. The topological polar surface area (TPSA) is 90.3 Å². The van der Waals surface area contributed by atoms with Crippen molar-refractivity contribution in [2.24, 2.45) is 0 Å². The molecule has 8 nitrogen and oxygen atoms in total. The smallest absolute Gasteiger partial charge is 0.406 e. The molecule has 1 aliphatic heterocycles. The first-order valence-electron chi connectivity index (χ1n) is 9.81. The van der Waals surface area contributed by atoms with Gasteiger partial charge in [0.25, 0.3) is 0 Å². The summed E-state index contributed by atoms with van der Waals surface area (Å²) >= 11 is 0. The molecule has 11 heteroatoms. The van der Waals surface area contributed by atoms with Crippen molar-refractivity contribution in [1.29, 1.82) is 0 Å². The van der Waals surface area contributed by atoms with Gasteiger partial charge in [-0.3, -0.25) is 4.79 Å². The van der Waals surface area contributed by atoms with E-state index < -0.39 is 6.36 Å². The zero-order chi connectivity index (χ0) is 22.7.